The lowest BCUT2D eigenvalue weighted by Crippen LogP contribution is -2.57. The molecule has 57 heavy (non-hydrogen) atoms. The SMILES string of the molecule is CCC1COCCN1c1nc(-c2ccc(OCCCCC(=O)N[C@H](C(=O)N3C[C@H](O)C[C@H]3C(=O)N[C@@H](C)c3ccc(-c4scnc4C)cc3)C(C)(C)C)cc2)cs1. The van der Waals surface area contributed by atoms with E-state index < -0.39 is 23.6 Å². The number of aliphatic hydroxyl groups is 1. The van der Waals surface area contributed by atoms with Gasteiger partial charge in [-0.2, -0.15) is 0 Å². The molecule has 4 aromatic rings. The van der Waals surface area contributed by atoms with E-state index in [9.17, 15) is 19.5 Å². The van der Waals surface area contributed by atoms with Gasteiger partial charge in [-0.1, -0.05) is 52.0 Å². The molecule has 0 saturated carbocycles. The topological polar surface area (TPSA) is 146 Å². The van der Waals surface area contributed by atoms with Crippen LogP contribution in [0.3, 0.4) is 0 Å². The molecule has 0 spiro atoms. The number of unbranched alkanes of at least 4 members (excludes halogenated alkanes) is 1. The molecular weight excluding hydrogens is 761 g/mol. The number of ether oxygens (including phenoxy) is 2. The summed E-state index contributed by atoms with van der Waals surface area (Å²) in [5.41, 5.74) is 6.12. The Hall–Kier alpha value is -4.37. The molecule has 4 heterocycles. The van der Waals surface area contributed by atoms with Crippen molar-refractivity contribution >= 4 is 45.5 Å². The predicted molar refractivity (Wildman–Crippen MR) is 225 cm³/mol. The number of aromatic nitrogens is 2. The monoisotopic (exact) mass is 816 g/mol. The number of thiazole rings is 2. The number of amides is 3. The zero-order valence-electron chi connectivity index (χ0n) is 33.8. The fourth-order valence-electron chi connectivity index (χ4n) is 7.32. The normalized spacial score (nSPS) is 19.6. The third kappa shape index (κ3) is 10.6. The summed E-state index contributed by atoms with van der Waals surface area (Å²) in [7, 11) is 0. The van der Waals surface area contributed by atoms with Crippen LogP contribution in [-0.4, -0.2) is 94.8 Å². The summed E-state index contributed by atoms with van der Waals surface area (Å²) in [6.07, 6.45) is 1.75. The van der Waals surface area contributed by atoms with Crippen LogP contribution in [0.25, 0.3) is 21.7 Å². The summed E-state index contributed by atoms with van der Waals surface area (Å²) in [5.74, 6) is -0.216. The van der Waals surface area contributed by atoms with E-state index in [1.54, 1.807) is 22.7 Å². The van der Waals surface area contributed by atoms with Gasteiger partial charge < -0.3 is 35.0 Å². The van der Waals surface area contributed by atoms with E-state index in [2.05, 4.69) is 32.8 Å². The molecule has 2 aliphatic heterocycles. The number of likely N-dealkylation sites (tertiary alicyclic amines) is 1. The maximum atomic E-state index is 14.1. The third-order valence-electron chi connectivity index (χ3n) is 10.7. The fraction of sp³-hybridized carbons (Fsp3) is 0.512. The van der Waals surface area contributed by atoms with Crippen LogP contribution in [0.1, 0.15) is 84.0 Å². The Morgan fingerprint density at radius 1 is 1.04 bits per heavy atom. The molecule has 2 aliphatic rings. The molecule has 0 aliphatic carbocycles. The van der Waals surface area contributed by atoms with E-state index in [1.165, 1.54) is 4.90 Å². The van der Waals surface area contributed by atoms with Crippen LogP contribution in [0.2, 0.25) is 0 Å². The fourth-order valence-corrected chi connectivity index (χ4v) is 9.07. The van der Waals surface area contributed by atoms with E-state index in [0.29, 0.717) is 25.5 Å². The van der Waals surface area contributed by atoms with Crippen molar-refractivity contribution in [1.29, 1.82) is 0 Å². The van der Waals surface area contributed by atoms with E-state index in [0.717, 1.165) is 70.0 Å². The number of aliphatic hydroxyl groups excluding tert-OH is 1. The molecule has 6 rings (SSSR count). The highest BCUT2D eigenvalue weighted by molar-refractivity contribution is 7.14. The second kappa shape index (κ2) is 18.9. The van der Waals surface area contributed by atoms with Crippen LogP contribution in [0.5, 0.6) is 5.75 Å². The minimum atomic E-state index is -0.878. The number of hydrogen-bond donors (Lipinski definition) is 3. The number of nitrogens with one attached hydrogen (secondary N) is 2. The molecule has 2 aromatic carbocycles. The lowest BCUT2D eigenvalue weighted by atomic mass is 9.85. The first-order valence-electron chi connectivity index (χ1n) is 19.9. The summed E-state index contributed by atoms with van der Waals surface area (Å²) in [5, 5.41) is 19.7. The van der Waals surface area contributed by atoms with Crippen molar-refractivity contribution in [3.8, 4) is 27.4 Å². The zero-order chi connectivity index (χ0) is 40.7. The Morgan fingerprint density at radius 3 is 2.46 bits per heavy atom. The van der Waals surface area contributed by atoms with Crippen molar-refractivity contribution < 1.29 is 29.0 Å². The second-order valence-corrected chi connectivity index (χ2v) is 17.7. The van der Waals surface area contributed by atoms with Gasteiger partial charge in [0, 0.05) is 36.9 Å². The summed E-state index contributed by atoms with van der Waals surface area (Å²) < 4.78 is 11.6. The molecular formula is C43H56N6O6S2. The number of rotatable bonds is 15. The van der Waals surface area contributed by atoms with Gasteiger partial charge in [0.1, 0.15) is 17.8 Å². The Labute approximate surface area is 344 Å². The maximum Gasteiger partial charge on any atom is 0.246 e. The molecule has 1 unspecified atom stereocenters. The molecule has 2 saturated heterocycles. The molecule has 306 valence electrons. The van der Waals surface area contributed by atoms with E-state index in [4.69, 9.17) is 14.5 Å². The lowest BCUT2D eigenvalue weighted by molar-refractivity contribution is -0.144. The lowest BCUT2D eigenvalue weighted by Gasteiger charge is -2.35. The average Bonchev–Trinajstić information content (AvgIpc) is 3.96. The third-order valence-corrected chi connectivity index (χ3v) is 12.6. The standard InChI is InChI=1S/C43H56N6O6S2/c1-7-32-24-54-21-19-48(32)42-46-35(25-56-42)30-15-17-34(18-16-30)55-20-9-8-10-37(51)47-39(43(4,5)6)41(53)49-23-33(50)22-36(49)40(52)45-27(2)29-11-13-31(14-12-29)38-28(3)44-26-57-38/h11-18,25-27,32-33,36,39,50H,7-10,19-24H2,1-6H3,(H,45,52)(H,47,51)/t27-,32?,33+,36-,39+/m0/s1. The molecule has 2 fully saturated rings. The van der Waals surface area contributed by atoms with Crippen molar-refractivity contribution in [1.82, 2.24) is 25.5 Å². The van der Waals surface area contributed by atoms with Crippen LogP contribution >= 0.6 is 22.7 Å². The Bertz CT molecular complexity index is 1960. The van der Waals surface area contributed by atoms with Crippen molar-refractivity contribution in [3.63, 3.8) is 0 Å². The largest absolute Gasteiger partial charge is 0.494 e. The van der Waals surface area contributed by atoms with Gasteiger partial charge in [0.25, 0.3) is 0 Å². The minimum Gasteiger partial charge on any atom is -0.494 e. The van der Waals surface area contributed by atoms with E-state index in [1.807, 2.05) is 88.7 Å². The number of nitrogens with zero attached hydrogens (tertiary/aromatic N) is 4. The van der Waals surface area contributed by atoms with Gasteiger partial charge in [-0.05, 0) is 73.9 Å². The number of carbonyl (C=O) groups is 3. The predicted octanol–water partition coefficient (Wildman–Crippen LogP) is 6.78. The number of aryl methyl sites for hydroxylation is 1. The van der Waals surface area contributed by atoms with Crippen molar-refractivity contribution in [3.05, 3.63) is 70.7 Å². The van der Waals surface area contributed by atoms with E-state index in [-0.39, 0.29) is 43.1 Å². The quantitative estimate of drug-likeness (QED) is 0.111. The number of benzene rings is 2. The highest BCUT2D eigenvalue weighted by atomic mass is 32.1. The number of morpholine rings is 1. The molecule has 0 bridgehead atoms. The van der Waals surface area contributed by atoms with Crippen LogP contribution in [0.4, 0.5) is 5.13 Å². The van der Waals surface area contributed by atoms with Crippen LogP contribution in [0.15, 0.2) is 59.4 Å². The van der Waals surface area contributed by atoms with Crippen LogP contribution in [-0.2, 0) is 19.1 Å². The highest BCUT2D eigenvalue weighted by Gasteiger charge is 2.44. The Kier molecular flexibility index (Phi) is 14.0. The number of anilines is 1. The summed E-state index contributed by atoms with van der Waals surface area (Å²) >= 11 is 3.24. The van der Waals surface area contributed by atoms with Crippen molar-refractivity contribution in [2.75, 3.05) is 37.8 Å². The number of hydrogen-bond acceptors (Lipinski definition) is 11. The maximum absolute atomic E-state index is 14.1. The first-order valence-corrected chi connectivity index (χ1v) is 21.7. The minimum absolute atomic E-state index is 0.0214. The van der Waals surface area contributed by atoms with Gasteiger partial charge in [-0.15, -0.1) is 22.7 Å². The molecule has 5 atom stereocenters. The molecule has 0 radical (unpaired) electrons. The van der Waals surface area contributed by atoms with Crippen molar-refractivity contribution in [2.45, 2.75) is 104 Å². The molecule has 2 aromatic heterocycles. The first-order chi connectivity index (χ1) is 27.3. The summed E-state index contributed by atoms with van der Waals surface area (Å²) in [4.78, 5) is 55.0. The Morgan fingerprint density at radius 2 is 1.77 bits per heavy atom. The average molecular weight is 817 g/mol. The number of carbonyl (C=O) groups excluding carboxylic acids is 3. The number of β-amino-alcohol motifs (C(OH)–C–C–N with tert-alkyl or cyclic N) is 1. The van der Waals surface area contributed by atoms with Gasteiger partial charge in [0.15, 0.2) is 5.13 Å². The molecule has 3 N–H and O–H groups in total. The summed E-state index contributed by atoms with van der Waals surface area (Å²) in [6.45, 7) is 14.5. The van der Waals surface area contributed by atoms with Gasteiger partial charge in [0.2, 0.25) is 17.7 Å². The van der Waals surface area contributed by atoms with Gasteiger partial charge in [0.05, 0.1) is 59.8 Å². The first kappa shape index (κ1) is 42.2. The van der Waals surface area contributed by atoms with Crippen LogP contribution in [0, 0.1) is 12.3 Å². The Balaban J connectivity index is 0.963. The van der Waals surface area contributed by atoms with Gasteiger partial charge in [-0.3, -0.25) is 14.4 Å². The van der Waals surface area contributed by atoms with Crippen molar-refractivity contribution in [2.24, 2.45) is 5.41 Å². The van der Waals surface area contributed by atoms with Gasteiger partial charge >= 0.3 is 0 Å². The van der Waals surface area contributed by atoms with Crippen LogP contribution < -0.4 is 20.3 Å². The zero-order valence-corrected chi connectivity index (χ0v) is 35.5. The second-order valence-electron chi connectivity index (χ2n) is 16.1. The molecule has 12 nitrogen and oxygen atoms in total. The smallest absolute Gasteiger partial charge is 0.246 e. The van der Waals surface area contributed by atoms with Gasteiger partial charge in [-0.25, -0.2) is 9.97 Å². The van der Waals surface area contributed by atoms with E-state index >= 15 is 0 Å². The molecule has 3 amide bonds. The molecule has 14 heteroatoms. The summed E-state index contributed by atoms with van der Waals surface area (Å²) in [6, 6.07) is 14.2. The highest BCUT2D eigenvalue weighted by Crippen LogP contribution is 2.32.